The van der Waals surface area contributed by atoms with Crippen molar-refractivity contribution < 1.29 is 19.4 Å². The zero-order chi connectivity index (χ0) is 24.9. The molecule has 1 aliphatic carbocycles. The van der Waals surface area contributed by atoms with Crippen LogP contribution in [0, 0.1) is 11.3 Å². The summed E-state index contributed by atoms with van der Waals surface area (Å²) in [5.74, 6) is 0.806. The molecule has 194 valence electrons. The molecule has 3 saturated heterocycles. The van der Waals surface area contributed by atoms with Crippen molar-refractivity contribution in [3.8, 4) is 0 Å². The molecule has 8 nitrogen and oxygen atoms in total. The molecular weight excluding hydrogens is 456 g/mol. The van der Waals surface area contributed by atoms with Gasteiger partial charge in [0.2, 0.25) is 5.91 Å². The van der Waals surface area contributed by atoms with Crippen molar-refractivity contribution in [2.75, 3.05) is 62.8 Å². The molecule has 2 aromatic rings. The number of amides is 1. The van der Waals surface area contributed by atoms with E-state index in [1.54, 1.807) is 0 Å². The molecule has 3 aliphatic heterocycles. The van der Waals surface area contributed by atoms with E-state index in [9.17, 15) is 9.90 Å². The van der Waals surface area contributed by atoms with Gasteiger partial charge in [-0.2, -0.15) is 0 Å². The van der Waals surface area contributed by atoms with Gasteiger partial charge in [0.05, 0.1) is 24.9 Å². The Hall–Kier alpha value is -2.26. The Kier molecular flexibility index (Phi) is 6.19. The van der Waals surface area contributed by atoms with Gasteiger partial charge in [0, 0.05) is 62.6 Å². The molecule has 6 rings (SSSR count). The van der Waals surface area contributed by atoms with E-state index < -0.39 is 6.10 Å². The maximum Gasteiger partial charge on any atom is 0.229 e. The number of fused-ring (bicyclic) bond motifs is 1. The Morgan fingerprint density at radius 2 is 1.92 bits per heavy atom. The molecule has 4 aliphatic rings. The molecule has 2 N–H and O–H groups in total. The molecule has 1 amide bonds. The summed E-state index contributed by atoms with van der Waals surface area (Å²) in [5, 5.41) is 15.7. The monoisotopic (exact) mass is 494 g/mol. The molecule has 0 radical (unpaired) electrons. The second-order valence-electron chi connectivity index (χ2n) is 11.3. The number of carbonyl (C=O) groups is 1. The third-order valence-corrected chi connectivity index (χ3v) is 9.28. The number of piperazine rings is 1. The lowest BCUT2D eigenvalue weighted by Crippen LogP contribution is -2.60. The fourth-order valence-corrected chi connectivity index (χ4v) is 6.55. The van der Waals surface area contributed by atoms with Gasteiger partial charge in [-0.05, 0) is 67.2 Å². The number of nitrogens with one attached hydrogen (secondary N) is 1. The maximum atomic E-state index is 13.0. The number of aliphatic hydroxyl groups is 1. The van der Waals surface area contributed by atoms with Gasteiger partial charge < -0.3 is 24.8 Å². The molecule has 8 heteroatoms. The Labute approximate surface area is 212 Å². The van der Waals surface area contributed by atoms with E-state index in [0.29, 0.717) is 19.0 Å². The topological polar surface area (TPSA) is 87.2 Å². The highest BCUT2D eigenvalue weighted by Gasteiger charge is 2.58. The van der Waals surface area contributed by atoms with Crippen LogP contribution in [0.1, 0.15) is 38.7 Å². The van der Waals surface area contributed by atoms with Gasteiger partial charge in [0.25, 0.3) is 0 Å². The Balaban J connectivity index is 1.18. The summed E-state index contributed by atoms with van der Waals surface area (Å²) in [7, 11) is 0. The van der Waals surface area contributed by atoms with Gasteiger partial charge in [0.15, 0.2) is 0 Å². The molecule has 4 heterocycles. The third kappa shape index (κ3) is 4.18. The highest BCUT2D eigenvalue weighted by atomic mass is 16.5. The summed E-state index contributed by atoms with van der Waals surface area (Å²) in [5.41, 5.74) is 2.42. The SMILES string of the molecule is CCc1cc2cnc(NC(=O)[C@H]3CC34CCOCC4)cc2cc1N1CCN([C@]2(C)COC[C@@H]2O)CC1. The van der Waals surface area contributed by atoms with Gasteiger partial charge in [-0.15, -0.1) is 0 Å². The zero-order valence-corrected chi connectivity index (χ0v) is 21.5. The van der Waals surface area contributed by atoms with Crippen LogP contribution in [0.25, 0.3) is 10.8 Å². The van der Waals surface area contributed by atoms with Gasteiger partial charge in [0.1, 0.15) is 5.82 Å². The summed E-state index contributed by atoms with van der Waals surface area (Å²) in [4.78, 5) is 22.4. The van der Waals surface area contributed by atoms with E-state index in [0.717, 1.165) is 75.8 Å². The number of ether oxygens (including phenoxy) is 2. The predicted molar refractivity (Wildman–Crippen MR) is 139 cm³/mol. The number of hydrogen-bond donors (Lipinski definition) is 2. The fourth-order valence-electron chi connectivity index (χ4n) is 6.55. The summed E-state index contributed by atoms with van der Waals surface area (Å²) in [6.45, 7) is 10.4. The number of nitrogens with zero attached hydrogens (tertiary/aromatic N) is 3. The molecule has 1 aromatic heterocycles. The van der Waals surface area contributed by atoms with Crippen LogP contribution >= 0.6 is 0 Å². The molecule has 4 fully saturated rings. The molecule has 1 saturated carbocycles. The van der Waals surface area contributed by atoms with Crippen LogP contribution in [0.2, 0.25) is 0 Å². The van der Waals surface area contributed by atoms with Crippen molar-refractivity contribution >= 4 is 28.2 Å². The van der Waals surface area contributed by atoms with E-state index in [2.05, 4.69) is 46.1 Å². The molecule has 1 spiro atoms. The molecule has 3 atom stereocenters. The molecule has 1 aromatic carbocycles. The van der Waals surface area contributed by atoms with Gasteiger partial charge in [-0.3, -0.25) is 9.69 Å². The van der Waals surface area contributed by atoms with Gasteiger partial charge >= 0.3 is 0 Å². The maximum absolute atomic E-state index is 13.0. The first-order valence-electron chi connectivity index (χ1n) is 13.5. The number of aromatic nitrogens is 1. The summed E-state index contributed by atoms with van der Waals surface area (Å²) < 4.78 is 11.1. The van der Waals surface area contributed by atoms with Crippen LogP contribution in [-0.4, -0.2) is 85.1 Å². The zero-order valence-electron chi connectivity index (χ0n) is 21.5. The summed E-state index contributed by atoms with van der Waals surface area (Å²) >= 11 is 0. The van der Waals surface area contributed by atoms with Crippen LogP contribution in [0.3, 0.4) is 0 Å². The lowest BCUT2D eigenvalue weighted by Gasteiger charge is -2.45. The molecule has 0 bridgehead atoms. The van der Waals surface area contributed by atoms with Crippen LogP contribution in [0.15, 0.2) is 24.4 Å². The average Bonchev–Trinajstić information content (AvgIpc) is 3.48. The van der Waals surface area contributed by atoms with Crippen molar-refractivity contribution in [3.63, 3.8) is 0 Å². The van der Waals surface area contributed by atoms with E-state index >= 15 is 0 Å². The van der Waals surface area contributed by atoms with Crippen molar-refractivity contribution in [2.45, 2.75) is 51.2 Å². The van der Waals surface area contributed by atoms with Crippen LogP contribution in [-0.2, 0) is 20.7 Å². The first-order valence-corrected chi connectivity index (χ1v) is 13.5. The highest BCUT2D eigenvalue weighted by Crippen LogP contribution is 2.59. The van der Waals surface area contributed by atoms with Crippen LogP contribution < -0.4 is 10.2 Å². The number of hydrogen-bond acceptors (Lipinski definition) is 7. The van der Waals surface area contributed by atoms with Gasteiger partial charge in [-0.1, -0.05) is 6.92 Å². The third-order valence-electron chi connectivity index (χ3n) is 9.28. The van der Waals surface area contributed by atoms with Crippen molar-refractivity contribution in [1.29, 1.82) is 0 Å². The standard InChI is InChI=1S/C28H38N4O4/c1-3-19-12-21-16-29-25(30-26(34)22-15-28(22)4-10-35-11-5-28)14-20(21)13-23(19)31-6-8-32(9-7-31)27(2)18-36-17-24(27)33/h12-14,16,22,24,33H,3-11,15,17-18H2,1-2H3,(H,29,30,34)/t22-,24+,27-/m1/s1. The summed E-state index contributed by atoms with van der Waals surface area (Å²) in [6.07, 6.45) is 5.32. The number of anilines is 2. The highest BCUT2D eigenvalue weighted by molar-refractivity contribution is 5.97. The van der Waals surface area contributed by atoms with Gasteiger partial charge in [-0.25, -0.2) is 4.98 Å². The lowest BCUT2D eigenvalue weighted by atomic mass is 9.93. The number of pyridine rings is 1. The Morgan fingerprint density at radius 3 is 2.61 bits per heavy atom. The normalized spacial score (nSPS) is 30.1. The second-order valence-corrected chi connectivity index (χ2v) is 11.3. The first kappa shape index (κ1) is 24.1. The average molecular weight is 495 g/mol. The smallest absolute Gasteiger partial charge is 0.229 e. The number of aryl methyl sites for hydroxylation is 1. The quantitative estimate of drug-likeness (QED) is 0.661. The van der Waals surface area contributed by atoms with E-state index in [1.807, 2.05) is 12.3 Å². The number of rotatable bonds is 5. The van der Waals surface area contributed by atoms with Crippen LogP contribution in [0.5, 0.6) is 0 Å². The fraction of sp³-hybridized carbons (Fsp3) is 0.643. The van der Waals surface area contributed by atoms with E-state index in [-0.39, 0.29) is 22.8 Å². The molecule has 36 heavy (non-hydrogen) atoms. The minimum absolute atomic E-state index is 0.0823. The molecule has 0 unspecified atom stereocenters. The lowest BCUT2D eigenvalue weighted by molar-refractivity contribution is -0.118. The second kappa shape index (κ2) is 9.24. The van der Waals surface area contributed by atoms with E-state index in [4.69, 9.17) is 9.47 Å². The summed E-state index contributed by atoms with van der Waals surface area (Å²) in [6, 6.07) is 6.51. The minimum atomic E-state index is -0.436. The minimum Gasteiger partial charge on any atom is -0.389 e. The number of benzene rings is 1. The van der Waals surface area contributed by atoms with Crippen LogP contribution in [0.4, 0.5) is 11.5 Å². The van der Waals surface area contributed by atoms with Crippen molar-refractivity contribution in [2.24, 2.45) is 11.3 Å². The number of aliphatic hydroxyl groups excluding tert-OH is 1. The van der Waals surface area contributed by atoms with E-state index in [1.165, 1.54) is 11.3 Å². The Bertz CT molecular complexity index is 1140. The number of carbonyl (C=O) groups excluding carboxylic acids is 1. The van der Waals surface area contributed by atoms with Crippen molar-refractivity contribution in [1.82, 2.24) is 9.88 Å². The first-order chi connectivity index (χ1) is 17.4. The molecular formula is C28H38N4O4. The van der Waals surface area contributed by atoms with Crippen molar-refractivity contribution in [3.05, 3.63) is 30.0 Å². The largest absolute Gasteiger partial charge is 0.389 e. The predicted octanol–water partition coefficient (Wildman–Crippen LogP) is 2.82. The Morgan fingerprint density at radius 1 is 1.14 bits per heavy atom.